The first kappa shape index (κ1) is 22.6. The number of β-amino-alcohol motifs (C(OH)–C–C–N with tert-alkyl or cyclic N) is 1. The van der Waals surface area contributed by atoms with E-state index in [9.17, 15) is 14.3 Å². The summed E-state index contributed by atoms with van der Waals surface area (Å²) in [4.78, 5) is 20.5. The van der Waals surface area contributed by atoms with E-state index in [1.165, 1.54) is 6.07 Å². The third-order valence-electron chi connectivity index (χ3n) is 5.62. The van der Waals surface area contributed by atoms with Gasteiger partial charge in [0.15, 0.2) is 0 Å². The Balaban J connectivity index is 1.28. The van der Waals surface area contributed by atoms with Gasteiger partial charge in [-0.25, -0.2) is 9.37 Å². The highest BCUT2D eigenvalue weighted by Crippen LogP contribution is 2.26. The lowest BCUT2D eigenvalue weighted by molar-refractivity contribution is -0.124. The van der Waals surface area contributed by atoms with Crippen LogP contribution in [0.2, 0.25) is 0 Å². The Morgan fingerprint density at radius 1 is 1.25 bits per heavy atom. The van der Waals surface area contributed by atoms with Gasteiger partial charge in [0.2, 0.25) is 5.91 Å². The van der Waals surface area contributed by atoms with Gasteiger partial charge in [-0.15, -0.1) is 11.3 Å². The van der Waals surface area contributed by atoms with E-state index in [4.69, 9.17) is 10.5 Å². The van der Waals surface area contributed by atoms with Crippen LogP contribution in [-0.2, 0) is 4.79 Å². The molecular weight excluding hydrogens is 431 g/mol. The Kier molecular flexibility index (Phi) is 7.00. The van der Waals surface area contributed by atoms with Crippen molar-refractivity contribution in [2.45, 2.75) is 19.1 Å². The number of carbonyl (C=O) groups excluding carboxylic acids is 1. The Hall–Kier alpha value is -2.59. The summed E-state index contributed by atoms with van der Waals surface area (Å²) in [7, 11) is 0. The number of rotatable bonds is 8. The van der Waals surface area contributed by atoms with Crippen LogP contribution in [0.15, 0.2) is 42.5 Å². The van der Waals surface area contributed by atoms with E-state index < -0.39 is 23.9 Å². The Bertz CT molecular complexity index is 1080. The molecule has 2 aromatic carbocycles. The molecule has 170 valence electrons. The quantitative estimate of drug-likeness (QED) is 0.538. The first-order valence-corrected chi connectivity index (χ1v) is 11.4. The number of aryl methyl sites for hydroxylation is 1. The number of fused-ring (bicyclic) bond motifs is 1. The number of hydrogen-bond acceptors (Lipinski definition) is 7. The molecule has 9 heteroatoms. The fourth-order valence-corrected chi connectivity index (χ4v) is 4.89. The van der Waals surface area contributed by atoms with Crippen LogP contribution < -0.4 is 10.5 Å². The largest absolute Gasteiger partial charge is 0.491 e. The van der Waals surface area contributed by atoms with Crippen LogP contribution in [0, 0.1) is 12.7 Å². The predicted octanol–water partition coefficient (Wildman–Crippen LogP) is 2.33. The molecule has 0 spiro atoms. The summed E-state index contributed by atoms with van der Waals surface area (Å²) >= 11 is 1.64. The summed E-state index contributed by atoms with van der Waals surface area (Å²) in [5.41, 5.74) is 6.79. The molecule has 0 radical (unpaired) electrons. The number of halogens is 1. The summed E-state index contributed by atoms with van der Waals surface area (Å²) in [6, 6.07) is 11.2. The van der Waals surface area contributed by atoms with Crippen LogP contribution in [0.5, 0.6) is 5.75 Å². The zero-order valence-corrected chi connectivity index (χ0v) is 18.7. The molecule has 1 amide bonds. The first-order valence-electron chi connectivity index (χ1n) is 10.6. The molecule has 0 saturated carbocycles. The molecule has 1 fully saturated rings. The number of nitrogens with zero attached hydrogens (tertiary/aromatic N) is 3. The number of nitrogens with two attached hydrogens (primary N) is 1. The Morgan fingerprint density at radius 3 is 2.72 bits per heavy atom. The number of amides is 1. The van der Waals surface area contributed by atoms with Crippen molar-refractivity contribution in [3.05, 3.63) is 58.9 Å². The zero-order valence-electron chi connectivity index (χ0n) is 17.9. The van der Waals surface area contributed by atoms with Crippen molar-refractivity contribution in [2.24, 2.45) is 5.73 Å². The number of benzene rings is 2. The molecule has 3 aromatic rings. The molecule has 0 bridgehead atoms. The van der Waals surface area contributed by atoms with Crippen molar-refractivity contribution in [3.8, 4) is 5.75 Å². The molecule has 1 saturated heterocycles. The Labute approximate surface area is 190 Å². The number of primary amides is 1. The number of aliphatic hydroxyl groups excluding tert-OH is 1. The smallest absolute Gasteiger partial charge is 0.239 e. The highest BCUT2D eigenvalue weighted by molar-refractivity contribution is 7.18. The van der Waals surface area contributed by atoms with Gasteiger partial charge in [-0.3, -0.25) is 14.6 Å². The van der Waals surface area contributed by atoms with E-state index in [-0.39, 0.29) is 6.61 Å². The van der Waals surface area contributed by atoms with E-state index in [0.717, 1.165) is 15.2 Å². The van der Waals surface area contributed by atoms with Crippen LogP contribution in [0.25, 0.3) is 10.2 Å². The molecule has 1 unspecified atom stereocenters. The molecule has 0 aliphatic carbocycles. The third-order valence-corrected chi connectivity index (χ3v) is 6.57. The lowest BCUT2D eigenvalue weighted by Gasteiger charge is -2.38. The molecule has 1 aliphatic rings. The number of aromatic nitrogens is 1. The van der Waals surface area contributed by atoms with Gasteiger partial charge >= 0.3 is 0 Å². The summed E-state index contributed by atoms with van der Waals surface area (Å²) in [5, 5.41) is 11.4. The molecule has 1 aliphatic heterocycles. The molecular formula is C23H27FN4O3S. The number of thiazole rings is 1. The van der Waals surface area contributed by atoms with Crippen LogP contribution in [-0.4, -0.2) is 71.2 Å². The van der Waals surface area contributed by atoms with E-state index in [2.05, 4.69) is 9.88 Å². The number of piperazine rings is 1. The average molecular weight is 459 g/mol. The van der Waals surface area contributed by atoms with Gasteiger partial charge in [0.1, 0.15) is 30.3 Å². The van der Waals surface area contributed by atoms with Gasteiger partial charge in [0.25, 0.3) is 0 Å². The van der Waals surface area contributed by atoms with Crippen LogP contribution in [0.1, 0.15) is 16.6 Å². The standard InChI is InChI=1S/C23H27FN4O3S/c1-15-26-20-12-17(6-7-21(20)32-15)31-14-16(29)13-27-8-10-28(11-9-27)22(23(25)30)18-4-2-3-5-19(18)24/h2-7,12,16,22,29H,8-11,13-14H2,1H3,(H2,25,30)/t16-,22?/m1/s1. The molecule has 2 heterocycles. The van der Waals surface area contributed by atoms with Crippen molar-refractivity contribution in [1.82, 2.24) is 14.8 Å². The van der Waals surface area contributed by atoms with Crippen molar-refractivity contribution in [3.63, 3.8) is 0 Å². The van der Waals surface area contributed by atoms with Crippen molar-refractivity contribution in [2.75, 3.05) is 39.3 Å². The second-order valence-electron chi connectivity index (χ2n) is 7.99. The summed E-state index contributed by atoms with van der Waals surface area (Å²) in [5.74, 6) is -0.317. The van der Waals surface area contributed by atoms with Gasteiger partial charge in [0.05, 0.1) is 15.2 Å². The lowest BCUT2D eigenvalue weighted by atomic mass is 10.0. The van der Waals surface area contributed by atoms with E-state index in [0.29, 0.717) is 44.0 Å². The topological polar surface area (TPSA) is 91.9 Å². The van der Waals surface area contributed by atoms with Crippen LogP contribution in [0.3, 0.4) is 0 Å². The van der Waals surface area contributed by atoms with Gasteiger partial charge in [-0.05, 0) is 25.1 Å². The lowest BCUT2D eigenvalue weighted by Crippen LogP contribution is -2.52. The summed E-state index contributed by atoms with van der Waals surface area (Å²) in [6.07, 6.45) is -0.659. The fourth-order valence-electron chi connectivity index (χ4n) is 4.09. The van der Waals surface area contributed by atoms with Crippen LogP contribution >= 0.6 is 11.3 Å². The van der Waals surface area contributed by atoms with Gasteiger partial charge in [-0.2, -0.15) is 0 Å². The van der Waals surface area contributed by atoms with Gasteiger partial charge < -0.3 is 15.6 Å². The number of hydrogen-bond donors (Lipinski definition) is 2. The number of ether oxygens (including phenoxy) is 1. The van der Waals surface area contributed by atoms with E-state index in [1.807, 2.05) is 30.0 Å². The van der Waals surface area contributed by atoms with Crippen molar-refractivity contribution in [1.29, 1.82) is 0 Å². The summed E-state index contributed by atoms with van der Waals surface area (Å²) in [6.45, 7) is 4.97. The molecule has 4 rings (SSSR count). The van der Waals surface area contributed by atoms with E-state index in [1.54, 1.807) is 29.5 Å². The molecule has 2 atom stereocenters. The maximum atomic E-state index is 14.2. The second-order valence-corrected chi connectivity index (χ2v) is 9.23. The maximum absolute atomic E-state index is 14.2. The molecule has 32 heavy (non-hydrogen) atoms. The minimum atomic E-state index is -0.795. The highest BCUT2D eigenvalue weighted by Gasteiger charge is 2.31. The van der Waals surface area contributed by atoms with Crippen molar-refractivity contribution >= 4 is 27.5 Å². The summed E-state index contributed by atoms with van der Waals surface area (Å²) < 4.78 is 21.1. The number of carbonyl (C=O) groups is 1. The minimum Gasteiger partial charge on any atom is -0.491 e. The average Bonchev–Trinajstić information content (AvgIpc) is 3.14. The second kappa shape index (κ2) is 9.91. The maximum Gasteiger partial charge on any atom is 0.239 e. The molecule has 7 nitrogen and oxygen atoms in total. The third kappa shape index (κ3) is 5.24. The predicted molar refractivity (Wildman–Crippen MR) is 122 cm³/mol. The SMILES string of the molecule is Cc1nc2cc(OC[C@H](O)CN3CCN(C(C(N)=O)c4ccccc4F)CC3)ccc2s1. The normalized spacial score (nSPS) is 17.3. The van der Waals surface area contributed by atoms with Gasteiger partial charge in [0, 0.05) is 44.4 Å². The van der Waals surface area contributed by atoms with Crippen LogP contribution in [0.4, 0.5) is 4.39 Å². The first-order chi connectivity index (χ1) is 15.4. The molecule has 3 N–H and O–H groups in total. The monoisotopic (exact) mass is 458 g/mol. The van der Waals surface area contributed by atoms with Crippen molar-refractivity contribution < 1.29 is 19.0 Å². The fraction of sp³-hybridized carbons (Fsp3) is 0.391. The van der Waals surface area contributed by atoms with Gasteiger partial charge in [-0.1, -0.05) is 18.2 Å². The van der Waals surface area contributed by atoms with E-state index >= 15 is 0 Å². The highest BCUT2D eigenvalue weighted by atomic mass is 32.1. The Morgan fingerprint density at radius 2 is 2.00 bits per heavy atom. The number of aliphatic hydroxyl groups is 1. The molecule has 1 aromatic heterocycles. The minimum absolute atomic E-state index is 0.175. The zero-order chi connectivity index (χ0) is 22.7.